The lowest BCUT2D eigenvalue weighted by molar-refractivity contribution is 0.102. The first-order valence-electron chi connectivity index (χ1n) is 5.80. The van der Waals surface area contributed by atoms with E-state index in [0.29, 0.717) is 17.0 Å². The number of hydrogen-bond acceptors (Lipinski definition) is 4. The molecule has 1 aromatic carbocycles. The van der Waals surface area contributed by atoms with E-state index in [1.54, 1.807) is 18.2 Å². The Hall–Kier alpha value is -2.89. The Kier molecular flexibility index (Phi) is 3.04. The number of carbonyl (C=O) groups excluding carboxylic acids is 1. The third-order valence-corrected chi connectivity index (χ3v) is 2.63. The van der Waals surface area contributed by atoms with Crippen molar-refractivity contribution in [2.24, 2.45) is 0 Å². The second kappa shape index (κ2) is 5.00. The molecule has 0 radical (unpaired) electrons. The van der Waals surface area contributed by atoms with Crippen LogP contribution in [-0.2, 0) is 0 Å². The molecule has 0 unspecified atom stereocenters. The maximum absolute atomic E-state index is 12.8. The van der Waals surface area contributed by atoms with Crippen LogP contribution in [0.25, 0.3) is 11.5 Å². The molecule has 100 valence electrons. The van der Waals surface area contributed by atoms with Gasteiger partial charge in [-0.15, -0.1) is 0 Å². The molecule has 0 aliphatic rings. The van der Waals surface area contributed by atoms with Crippen molar-refractivity contribution < 1.29 is 18.1 Å². The minimum Gasteiger partial charge on any atom is -0.463 e. The largest absolute Gasteiger partial charge is 0.463 e. The summed E-state index contributed by atoms with van der Waals surface area (Å²) in [5, 5.41) is 6.30. The molecule has 1 amide bonds. The Labute approximate surface area is 113 Å². The molecule has 0 fully saturated rings. The normalized spacial score (nSPS) is 10.4. The molecule has 0 saturated heterocycles. The van der Waals surface area contributed by atoms with Crippen molar-refractivity contribution in [3.05, 3.63) is 60.1 Å². The van der Waals surface area contributed by atoms with Crippen LogP contribution in [0.2, 0.25) is 0 Å². The number of benzene rings is 1. The SMILES string of the molecule is O=C(Nc1cc(-c2ccco2)no1)c1ccc(F)cc1. The first-order valence-corrected chi connectivity index (χ1v) is 5.80. The number of halogens is 1. The van der Waals surface area contributed by atoms with Gasteiger partial charge in [0.05, 0.1) is 6.26 Å². The summed E-state index contributed by atoms with van der Waals surface area (Å²) >= 11 is 0. The lowest BCUT2D eigenvalue weighted by Crippen LogP contribution is -2.11. The number of carbonyl (C=O) groups is 1. The third-order valence-electron chi connectivity index (χ3n) is 2.63. The quantitative estimate of drug-likeness (QED) is 0.794. The second-order valence-electron chi connectivity index (χ2n) is 4.01. The van der Waals surface area contributed by atoms with E-state index in [0.717, 1.165) is 0 Å². The van der Waals surface area contributed by atoms with Crippen molar-refractivity contribution >= 4 is 11.8 Å². The summed E-state index contributed by atoms with van der Waals surface area (Å²) in [6.07, 6.45) is 1.51. The summed E-state index contributed by atoms with van der Waals surface area (Å²) in [4.78, 5) is 11.9. The highest BCUT2D eigenvalue weighted by molar-refractivity contribution is 6.03. The lowest BCUT2D eigenvalue weighted by Gasteiger charge is -2.00. The number of rotatable bonds is 3. The monoisotopic (exact) mass is 272 g/mol. The maximum atomic E-state index is 12.8. The molecule has 0 saturated carbocycles. The highest BCUT2D eigenvalue weighted by Crippen LogP contribution is 2.22. The molecule has 0 aliphatic carbocycles. The van der Waals surface area contributed by atoms with Crippen molar-refractivity contribution in [3.63, 3.8) is 0 Å². The Morgan fingerprint density at radius 3 is 2.70 bits per heavy atom. The Morgan fingerprint density at radius 2 is 2.00 bits per heavy atom. The van der Waals surface area contributed by atoms with Crippen LogP contribution in [0.15, 0.2) is 57.7 Å². The van der Waals surface area contributed by atoms with Gasteiger partial charge in [0.25, 0.3) is 5.91 Å². The number of nitrogens with one attached hydrogen (secondary N) is 1. The summed E-state index contributed by atoms with van der Waals surface area (Å²) in [5.74, 6) is -0.0878. The molecule has 6 heteroatoms. The molecule has 20 heavy (non-hydrogen) atoms. The fraction of sp³-hybridized carbons (Fsp3) is 0. The molecular weight excluding hydrogens is 263 g/mol. The Balaban J connectivity index is 1.75. The van der Waals surface area contributed by atoms with E-state index in [1.807, 2.05) is 0 Å². The zero-order valence-electron chi connectivity index (χ0n) is 10.2. The molecule has 1 N–H and O–H groups in total. The van der Waals surface area contributed by atoms with Gasteiger partial charge in [-0.25, -0.2) is 4.39 Å². The first kappa shape index (κ1) is 12.2. The van der Waals surface area contributed by atoms with E-state index in [-0.39, 0.29) is 5.88 Å². The predicted molar refractivity (Wildman–Crippen MR) is 68.6 cm³/mol. The summed E-state index contributed by atoms with van der Waals surface area (Å²) in [6, 6.07) is 10.2. The molecule has 0 bridgehead atoms. The van der Waals surface area contributed by atoms with Crippen molar-refractivity contribution in [1.29, 1.82) is 0 Å². The minimum atomic E-state index is -0.410. The van der Waals surface area contributed by atoms with Gasteiger partial charge >= 0.3 is 0 Å². The summed E-state index contributed by atoms with van der Waals surface area (Å²) in [7, 11) is 0. The van der Waals surface area contributed by atoms with Crippen LogP contribution in [-0.4, -0.2) is 11.1 Å². The maximum Gasteiger partial charge on any atom is 0.258 e. The zero-order valence-corrected chi connectivity index (χ0v) is 10.2. The van der Waals surface area contributed by atoms with E-state index in [1.165, 1.54) is 30.5 Å². The van der Waals surface area contributed by atoms with Gasteiger partial charge in [-0.3, -0.25) is 10.1 Å². The fourth-order valence-electron chi connectivity index (χ4n) is 1.66. The number of anilines is 1. The van der Waals surface area contributed by atoms with Gasteiger partial charge in [0.1, 0.15) is 5.82 Å². The zero-order chi connectivity index (χ0) is 13.9. The van der Waals surface area contributed by atoms with Gasteiger partial charge in [-0.2, -0.15) is 0 Å². The van der Waals surface area contributed by atoms with E-state index >= 15 is 0 Å². The van der Waals surface area contributed by atoms with Crippen molar-refractivity contribution in [2.75, 3.05) is 5.32 Å². The molecule has 2 aromatic heterocycles. The van der Waals surface area contributed by atoms with Gasteiger partial charge in [-0.05, 0) is 36.4 Å². The third kappa shape index (κ3) is 2.44. The summed E-state index contributed by atoms with van der Waals surface area (Å²) in [6.45, 7) is 0. The van der Waals surface area contributed by atoms with Gasteiger partial charge in [0.15, 0.2) is 11.5 Å². The van der Waals surface area contributed by atoms with Gasteiger partial charge < -0.3 is 8.94 Å². The van der Waals surface area contributed by atoms with Gasteiger partial charge in [0, 0.05) is 11.6 Å². The topological polar surface area (TPSA) is 68.3 Å². The van der Waals surface area contributed by atoms with Gasteiger partial charge in [0.2, 0.25) is 5.88 Å². The standard InChI is InChI=1S/C14H9FN2O3/c15-10-5-3-9(4-6-10)14(18)16-13-8-11(17-20-13)12-2-1-7-19-12/h1-8H,(H,16,18). The fourth-order valence-corrected chi connectivity index (χ4v) is 1.66. The van der Waals surface area contributed by atoms with Crippen LogP contribution < -0.4 is 5.32 Å². The van der Waals surface area contributed by atoms with Crippen molar-refractivity contribution in [3.8, 4) is 11.5 Å². The first-order chi connectivity index (χ1) is 9.72. The van der Waals surface area contributed by atoms with Gasteiger partial charge in [-0.1, -0.05) is 5.16 Å². The van der Waals surface area contributed by atoms with E-state index in [4.69, 9.17) is 8.94 Å². The smallest absolute Gasteiger partial charge is 0.258 e. The summed E-state index contributed by atoms with van der Waals surface area (Å²) in [5.41, 5.74) is 0.798. The Bertz CT molecular complexity index is 717. The van der Waals surface area contributed by atoms with Crippen LogP contribution in [0, 0.1) is 5.82 Å². The molecule has 5 nitrogen and oxygen atoms in total. The molecule has 0 aliphatic heterocycles. The van der Waals surface area contributed by atoms with E-state index in [2.05, 4.69) is 10.5 Å². The number of amides is 1. The highest BCUT2D eigenvalue weighted by atomic mass is 19.1. The van der Waals surface area contributed by atoms with Crippen molar-refractivity contribution in [1.82, 2.24) is 5.16 Å². The minimum absolute atomic E-state index is 0.186. The molecular formula is C14H9FN2O3. The average Bonchev–Trinajstić information content (AvgIpc) is 3.09. The lowest BCUT2D eigenvalue weighted by atomic mass is 10.2. The number of hydrogen-bond donors (Lipinski definition) is 1. The van der Waals surface area contributed by atoms with Crippen molar-refractivity contribution in [2.45, 2.75) is 0 Å². The molecule has 0 atom stereocenters. The molecule has 0 spiro atoms. The van der Waals surface area contributed by atoms with Crippen LogP contribution in [0.3, 0.4) is 0 Å². The number of nitrogens with zero attached hydrogens (tertiary/aromatic N) is 1. The summed E-state index contributed by atoms with van der Waals surface area (Å²) < 4.78 is 22.9. The highest BCUT2D eigenvalue weighted by Gasteiger charge is 2.12. The second-order valence-corrected chi connectivity index (χ2v) is 4.01. The number of furan rings is 1. The average molecular weight is 272 g/mol. The molecule has 2 heterocycles. The number of aromatic nitrogens is 1. The Morgan fingerprint density at radius 1 is 1.20 bits per heavy atom. The van der Waals surface area contributed by atoms with E-state index in [9.17, 15) is 9.18 Å². The van der Waals surface area contributed by atoms with E-state index < -0.39 is 11.7 Å². The van der Waals surface area contributed by atoms with Crippen LogP contribution >= 0.6 is 0 Å². The molecule has 3 aromatic rings. The van der Waals surface area contributed by atoms with Crippen LogP contribution in [0.1, 0.15) is 10.4 Å². The predicted octanol–water partition coefficient (Wildman–Crippen LogP) is 3.33. The molecule has 3 rings (SSSR count). The van der Waals surface area contributed by atoms with Crippen LogP contribution in [0.5, 0.6) is 0 Å². The van der Waals surface area contributed by atoms with Crippen LogP contribution in [0.4, 0.5) is 10.3 Å².